The molecule has 2 aromatic rings. The molecule has 1 fully saturated rings. The lowest BCUT2D eigenvalue weighted by molar-refractivity contribution is -0.384. The van der Waals surface area contributed by atoms with Gasteiger partial charge in [0.15, 0.2) is 0 Å². The first kappa shape index (κ1) is 19.5. The zero-order chi connectivity index (χ0) is 19.6. The Morgan fingerprint density at radius 3 is 2.41 bits per heavy atom. The molecule has 3 amide bonds. The van der Waals surface area contributed by atoms with Gasteiger partial charge in [-0.25, -0.2) is 4.79 Å². The van der Waals surface area contributed by atoms with Gasteiger partial charge < -0.3 is 10.1 Å². The van der Waals surface area contributed by atoms with E-state index < -0.39 is 16.9 Å². The number of rotatable bonds is 5. The second kappa shape index (κ2) is 8.21. The van der Waals surface area contributed by atoms with Gasteiger partial charge in [0.05, 0.1) is 12.1 Å². The number of nitro benzene ring substituents is 1. The number of benzene rings is 2. The summed E-state index contributed by atoms with van der Waals surface area (Å²) >= 11 is 4.22. The van der Waals surface area contributed by atoms with E-state index in [1.165, 1.54) is 12.1 Å². The molecule has 138 valence electrons. The maximum atomic E-state index is 11.6. The first-order valence-corrected chi connectivity index (χ1v) is 9.68. The van der Waals surface area contributed by atoms with Crippen molar-refractivity contribution in [2.24, 2.45) is 0 Å². The van der Waals surface area contributed by atoms with Crippen LogP contribution in [0.25, 0.3) is 6.08 Å². The molecule has 0 aliphatic carbocycles. The smallest absolute Gasteiger partial charge is 0.326 e. The van der Waals surface area contributed by atoms with Crippen molar-refractivity contribution in [2.45, 2.75) is 6.61 Å². The lowest BCUT2D eigenvalue weighted by atomic mass is 10.2. The summed E-state index contributed by atoms with van der Waals surface area (Å²) in [5, 5.41) is 15.4. The van der Waals surface area contributed by atoms with Crippen molar-refractivity contribution >= 4 is 68.9 Å². The molecule has 27 heavy (non-hydrogen) atoms. The summed E-state index contributed by atoms with van der Waals surface area (Å²) < 4.78 is 7.46. The third-order valence-electron chi connectivity index (χ3n) is 3.56. The highest BCUT2D eigenvalue weighted by Crippen LogP contribution is 2.30. The molecule has 2 aromatic carbocycles. The van der Waals surface area contributed by atoms with Crippen LogP contribution in [0.3, 0.4) is 0 Å². The number of hydrogen-bond acceptors (Lipinski definition) is 5. The fourth-order valence-electron chi connectivity index (χ4n) is 2.37. The Morgan fingerprint density at radius 2 is 1.81 bits per heavy atom. The Hall–Kier alpha value is -2.22. The topological polar surface area (TPSA) is 111 Å². The highest BCUT2D eigenvalue weighted by Gasteiger charge is 2.23. The van der Waals surface area contributed by atoms with E-state index in [1.807, 2.05) is 12.1 Å². The molecule has 0 radical (unpaired) electrons. The summed E-state index contributed by atoms with van der Waals surface area (Å²) in [6.07, 6.45) is 1.58. The van der Waals surface area contributed by atoms with Gasteiger partial charge in [0.25, 0.3) is 11.6 Å². The summed E-state index contributed by atoms with van der Waals surface area (Å²) in [5.41, 5.74) is 1.61. The Kier molecular flexibility index (Phi) is 5.94. The SMILES string of the molecule is O=C1NC(=O)/C(=C\c2cc(I)c(OCc3cccc([N+](=O)[O-])c3)c(I)c2)N1. The van der Waals surface area contributed by atoms with Crippen LogP contribution in [-0.4, -0.2) is 16.9 Å². The number of imide groups is 1. The van der Waals surface area contributed by atoms with E-state index in [-0.39, 0.29) is 18.0 Å². The van der Waals surface area contributed by atoms with E-state index in [4.69, 9.17) is 4.74 Å². The molecular formula is C17H11I2N3O5. The number of urea groups is 1. The number of hydrogen-bond donors (Lipinski definition) is 2. The molecule has 1 heterocycles. The van der Waals surface area contributed by atoms with Crippen molar-refractivity contribution in [2.75, 3.05) is 0 Å². The average molecular weight is 591 g/mol. The lowest BCUT2D eigenvalue weighted by Gasteiger charge is -2.12. The number of non-ortho nitro benzene ring substituents is 1. The van der Waals surface area contributed by atoms with E-state index in [2.05, 4.69) is 55.8 Å². The Morgan fingerprint density at radius 1 is 1.11 bits per heavy atom. The number of nitrogens with one attached hydrogen (secondary N) is 2. The first-order chi connectivity index (χ1) is 12.8. The summed E-state index contributed by atoms with van der Waals surface area (Å²) in [5.74, 6) is 0.167. The van der Waals surface area contributed by atoms with Crippen LogP contribution in [-0.2, 0) is 11.4 Å². The van der Waals surface area contributed by atoms with Gasteiger partial charge in [0.2, 0.25) is 0 Å². The van der Waals surface area contributed by atoms with Crippen LogP contribution < -0.4 is 15.4 Å². The maximum Gasteiger partial charge on any atom is 0.326 e. The number of nitrogens with zero attached hydrogens (tertiary/aromatic N) is 1. The molecule has 1 aliphatic rings. The number of halogens is 2. The van der Waals surface area contributed by atoms with Crippen LogP contribution in [0.5, 0.6) is 5.75 Å². The molecular weight excluding hydrogens is 580 g/mol. The molecule has 8 nitrogen and oxygen atoms in total. The maximum absolute atomic E-state index is 11.6. The fourth-order valence-corrected chi connectivity index (χ4v) is 4.49. The van der Waals surface area contributed by atoms with Gasteiger partial charge in [-0.3, -0.25) is 20.2 Å². The molecule has 0 saturated carbocycles. The van der Waals surface area contributed by atoms with E-state index in [1.54, 1.807) is 18.2 Å². The predicted octanol–water partition coefficient (Wildman–Crippen LogP) is 3.56. The zero-order valence-electron chi connectivity index (χ0n) is 13.5. The van der Waals surface area contributed by atoms with Gasteiger partial charge in [0, 0.05) is 12.1 Å². The largest absolute Gasteiger partial charge is 0.487 e. The average Bonchev–Trinajstić information content (AvgIpc) is 2.91. The standard InChI is InChI=1S/C17H11I2N3O5/c18-12-5-10(7-14-16(23)21-17(24)20-14)6-13(19)15(12)27-8-9-2-1-3-11(4-9)22(25)26/h1-7H,8H2,(H2,20,21,23,24)/b14-7+. The molecule has 0 unspecified atom stereocenters. The number of ether oxygens (including phenoxy) is 1. The van der Waals surface area contributed by atoms with E-state index >= 15 is 0 Å². The van der Waals surface area contributed by atoms with Gasteiger partial charge in [-0.15, -0.1) is 0 Å². The molecule has 1 saturated heterocycles. The van der Waals surface area contributed by atoms with Crippen LogP contribution in [0.1, 0.15) is 11.1 Å². The van der Waals surface area contributed by atoms with E-state index in [0.717, 1.165) is 12.7 Å². The summed E-state index contributed by atoms with van der Waals surface area (Å²) in [4.78, 5) is 33.2. The zero-order valence-corrected chi connectivity index (χ0v) is 17.8. The molecule has 0 bridgehead atoms. The Labute approximate surface area is 180 Å². The molecule has 0 atom stereocenters. The number of carbonyl (C=O) groups excluding carboxylic acids is 2. The Balaban J connectivity index is 1.78. The van der Waals surface area contributed by atoms with Crippen LogP contribution in [0, 0.1) is 17.3 Å². The van der Waals surface area contributed by atoms with Crippen LogP contribution in [0.2, 0.25) is 0 Å². The number of carbonyl (C=O) groups is 2. The van der Waals surface area contributed by atoms with Gasteiger partial charge in [-0.1, -0.05) is 12.1 Å². The molecule has 10 heteroatoms. The monoisotopic (exact) mass is 591 g/mol. The highest BCUT2D eigenvalue weighted by atomic mass is 127. The third-order valence-corrected chi connectivity index (χ3v) is 5.16. The van der Waals surface area contributed by atoms with Crippen LogP contribution in [0.4, 0.5) is 10.5 Å². The van der Waals surface area contributed by atoms with E-state index in [9.17, 15) is 19.7 Å². The predicted molar refractivity (Wildman–Crippen MR) is 114 cm³/mol. The van der Waals surface area contributed by atoms with Gasteiger partial charge >= 0.3 is 6.03 Å². The minimum absolute atomic E-state index is 0.0133. The van der Waals surface area contributed by atoms with Crippen molar-refractivity contribution in [1.29, 1.82) is 0 Å². The number of nitro groups is 1. The minimum Gasteiger partial charge on any atom is -0.487 e. The highest BCUT2D eigenvalue weighted by molar-refractivity contribution is 14.1. The molecule has 0 aromatic heterocycles. The summed E-state index contributed by atoms with van der Waals surface area (Å²) in [7, 11) is 0. The normalized spacial score (nSPS) is 14.8. The van der Waals surface area contributed by atoms with E-state index in [0.29, 0.717) is 11.3 Å². The molecule has 1 aliphatic heterocycles. The van der Waals surface area contributed by atoms with Gasteiger partial charge in [-0.2, -0.15) is 0 Å². The van der Waals surface area contributed by atoms with Crippen LogP contribution >= 0.6 is 45.2 Å². The quantitative estimate of drug-likeness (QED) is 0.182. The minimum atomic E-state index is -0.549. The Bertz CT molecular complexity index is 967. The molecule has 2 N–H and O–H groups in total. The van der Waals surface area contributed by atoms with Crippen molar-refractivity contribution < 1.29 is 19.2 Å². The van der Waals surface area contributed by atoms with Crippen molar-refractivity contribution in [1.82, 2.24) is 10.6 Å². The third kappa shape index (κ3) is 4.74. The van der Waals surface area contributed by atoms with Crippen molar-refractivity contribution in [3.63, 3.8) is 0 Å². The van der Waals surface area contributed by atoms with Gasteiger partial charge in [-0.05, 0) is 74.5 Å². The van der Waals surface area contributed by atoms with Gasteiger partial charge in [0.1, 0.15) is 18.1 Å². The fraction of sp³-hybridized carbons (Fsp3) is 0.0588. The lowest BCUT2D eigenvalue weighted by Crippen LogP contribution is -2.22. The van der Waals surface area contributed by atoms with Crippen LogP contribution in [0.15, 0.2) is 42.1 Å². The van der Waals surface area contributed by atoms with Crippen molar-refractivity contribution in [3.05, 3.63) is 70.5 Å². The first-order valence-electron chi connectivity index (χ1n) is 7.52. The van der Waals surface area contributed by atoms with Crippen molar-refractivity contribution in [3.8, 4) is 5.75 Å². The second-order valence-electron chi connectivity index (χ2n) is 5.50. The molecule has 0 spiro atoms. The number of amides is 3. The summed E-state index contributed by atoms with van der Waals surface area (Å²) in [6, 6.07) is 9.35. The molecule has 3 rings (SSSR count). The second-order valence-corrected chi connectivity index (χ2v) is 7.82. The summed E-state index contributed by atoms with van der Waals surface area (Å²) in [6.45, 7) is 0.187.